The SMILES string of the molecule is CNC(=O)c1ccc(Nc2ccc(N(C)C(C)=O)cc2)c([N+](=O)[O-])c1. The highest BCUT2D eigenvalue weighted by Crippen LogP contribution is 2.29. The van der Waals surface area contributed by atoms with Crippen LogP contribution in [-0.4, -0.2) is 30.8 Å². The summed E-state index contributed by atoms with van der Waals surface area (Å²) in [6.45, 7) is 1.46. The van der Waals surface area contributed by atoms with Crippen LogP contribution < -0.4 is 15.5 Å². The smallest absolute Gasteiger partial charge is 0.293 e. The molecule has 0 aromatic heterocycles. The van der Waals surface area contributed by atoms with E-state index in [-0.39, 0.29) is 22.8 Å². The number of nitro benzene ring substituents is 1. The molecule has 0 saturated carbocycles. The van der Waals surface area contributed by atoms with Crippen LogP contribution in [0, 0.1) is 10.1 Å². The van der Waals surface area contributed by atoms with Gasteiger partial charge in [0.2, 0.25) is 5.91 Å². The summed E-state index contributed by atoms with van der Waals surface area (Å²) in [5.74, 6) is -0.493. The first-order valence-corrected chi connectivity index (χ1v) is 7.45. The summed E-state index contributed by atoms with van der Waals surface area (Å²) in [4.78, 5) is 35.2. The van der Waals surface area contributed by atoms with Gasteiger partial charge in [-0.15, -0.1) is 0 Å². The molecule has 25 heavy (non-hydrogen) atoms. The third kappa shape index (κ3) is 4.11. The largest absolute Gasteiger partial charge is 0.355 e. The highest BCUT2D eigenvalue weighted by Gasteiger charge is 2.17. The van der Waals surface area contributed by atoms with Crippen molar-refractivity contribution in [3.8, 4) is 0 Å². The summed E-state index contributed by atoms with van der Waals surface area (Å²) in [6, 6.07) is 11.1. The molecule has 2 rings (SSSR count). The van der Waals surface area contributed by atoms with Gasteiger partial charge in [-0.3, -0.25) is 19.7 Å². The monoisotopic (exact) mass is 342 g/mol. The van der Waals surface area contributed by atoms with E-state index in [0.29, 0.717) is 11.4 Å². The molecule has 0 radical (unpaired) electrons. The number of amides is 2. The van der Waals surface area contributed by atoms with Crippen LogP contribution in [0.25, 0.3) is 0 Å². The Labute approximate surface area is 144 Å². The first-order valence-electron chi connectivity index (χ1n) is 7.45. The molecule has 0 spiro atoms. The fourth-order valence-corrected chi connectivity index (χ4v) is 2.18. The molecule has 0 saturated heterocycles. The Morgan fingerprint density at radius 1 is 1.12 bits per heavy atom. The second-order valence-corrected chi connectivity index (χ2v) is 5.32. The van der Waals surface area contributed by atoms with Crippen molar-refractivity contribution < 1.29 is 14.5 Å². The summed E-state index contributed by atoms with van der Waals surface area (Å²) in [5.41, 5.74) is 1.61. The number of hydrogen-bond donors (Lipinski definition) is 2. The van der Waals surface area contributed by atoms with Crippen molar-refractivity contribution >= 4 is 34.6 Å². The second-order valence-electron chi connectivity index (χ2n) is 5.32. The summed E-state index contributed by atoms with van der Waals surface area (Å²) in [5, 5.41) is 16.7. The molecule has 2 aromatic rings. The van der Waals surface area contributed by atoms with Crippen molar-refractivity contribution in [3.05, 3.63) is 58.1 Å². The fraction of sp³-hybridized carbons (Fsp3) is 0.176. The van der Waals surface area contributed by atoms with E-state index in [4.69, 9.17) is 0 Å². The van der Waals surface area contributed by atoms with Gasteiger partial charge in [0.15, 0.2) is 0 Å². The van der Waals surface area contributed by atoms with Crippen LogP contribution in [0.15, 0.2) is 42.5 Å². The van der Waals surface area contributed by atoms with Gasteiger partial charge in [0.1, 0.15) is 5.69 Å². The minimum atomic E-state index is -0.549. The molecule has 0 fully saturated rings. The average molecular weight is 342 g/mol. The Balaban J connectivity index is 2.29. The second kappa shape index (κ2) is 7.43. The molecule has 0 aliphatic heterocycles. The van der Waals surface area contributed by atoms with Gasteiger partial charge in [-0.25, -0.2) is 0 Å². The van der Waals surface area contributed by atoms with Crippen molar-refractivity contribution in [1.82, 2.24) is 5.32 Å². The first-order chi connectivity index (χ1) is 11.8. The van der Waals surface area contributed by atoms with Crippen LogP contribution in [0.1, 0.15) is 17.3 Å². The van der Waals surface area contributed by atoms with Crippen LogP contribution in [0.3, 0.4) is 0 Å². The van der Waals surface area contributed by atoms with Crippen LogP contribution in [0.4, 0.5) is 22.7 Å². The summed E-state index contributed by atoms with van der Waals surface area (Å²) < 4.78 is 0. The van der Waals surface area contributed by atoms with E-state index in [9.17, 15) is 19.7 Å². The molecule has 130 valence electrons. The molecule has 2 N–H and O–H groups in total. The zero-order valence-corrected chi connectivity index (χ0v) is 14.1. The standard InChI is InChI=1S/C17H18N4O4/c1-11(22)20(3)14-7-5-13(6-8-14)19-15-9-4-12(17(23)18-2)10-16(15)21(24)25/h4-10,19H,1-3H3,(H,18,23). The predicted octanol–water partition coefficient (Wildman–Crippen LogP) is 2.68. The lowest BCUT2D eigenvalue weighted by Crippen LogP contribution is -2.22. The van der Waals surface area contributed by atoms with Crippen LogP contribution in [-0.2, 0) is 4.79 Å². The van der Waals surface area contributed by atoms with Crippen molar-refractivity contribution in [2.45, 2.75) is 6.92 Å². The topological polar surface area (TPSA) is 105 Å². The Morgan fingerprint density at radius 3 is 2.28 bits per heavy atom. The van der Waals surface area contributed by atoms with E-state index in [1.807, 2.05) is 0 Å². The van der Waals surface area contributed by atoms with Gasteiger partial charge < -0.3 is 15.5 Å². The Kier molecular flexibility index (Phi) is 5.33. The van der Waals surface area contributed by atoms with Gasteiger partial charge in [-0.05, 0) is 36.4 Å². The molecule has 2 aromatic carbocycles. The third-order valence-corrected chi connectivity index (χ3v) is 3.69. The Morgan fingerprint density at radius 2 is 1.76 bits per heavy atom. The number of nitrogens with zero attached hydrogens (tertiary/aromatic N) is 2. The lowest BCUT2D eigenvalue weighted by Gasteiger charge is -2.15. The number of carbonyl (C=O) groups excluding carboxylic acids is 2. The number of nitro groups is 1. The van der Waals surface area contributed by atoms with Crippen LogP contribution in [0.5, 0.6) is 0 Å². The lowest BCUT2D eigenvalue weighted by molar-refractivity contribution is -0.383. The quantitative estimate of drug-likeness (QED) is 0.642. The Hall–Kier alpha value is -3.42. The summed E-state index contributed by atoms with van der Waals surface area (Å²) in [7, 11) is 3.12. The molecule has 8 heteroatoms. The van der Waals surface area contributed by atoms with Gasteiger partial charge in [-0.1, -0.05) is 0 Å². The molecule has 0 heterocycles. The number of carbonyl (C=O) groups is 2. The fourth-order valence-electron chi connectivity index (χ4n) is 2.18. The van der Waals surface area contributed by atoms with E-state index in [0.717, 1.165) is 0 Å². The van der Waals surface area contributed by atoms with Crippen molar-refractivity contribution in [2.24, 2.45) is 0 Å². The first kappa shape index (κ1) is 17.9. The summed E-state index contributed by atoms with van der Waals surface area (Å²) in [6.07, 6.45) is 0. The normalized spacial score (nSPS) is 10.0. The summed E-state index contributed by atoms with van der Waals surface area (Å²) >= 11 is 0. The molecular formula is C17H18N4O4. The van der Waals surface area contributed by atoms with Crippen LogP contribution in [0.2, 0.25) is 0 Å². The minimum Gasteiger partial charge on any atom is -0.355 e. The number of hydrogen-bond acceptors (Lipinski definition) is 5. The molecule has 0 aliphatic rings. The maximum absolute atomic E-state index is 11.6. The van der Waals surface area contributed by atoms with Crippen molar-refractivity contribution in [2.75, 3.05) is 24.3 Å². The van der Waals surface area contributed by atoms with Gasteiger partial charge >= 0.3 is 0 Å². The van der Waals surface area contributed by atoms with Crippen molar-refractivity contribution in [1.29, 1.82) is 0 Å². The molecule has 8 nitrogen and oxygen atoms in total. The van der Waals surface area contributed by atoms with E-state index in [2.05, 4.69) is 10.6 Å². The zero-order chi connectivity index (χ0) is 18.6. The third-order valence-electron chi connectivity index (χ3n) is 3.69. The molecule has 0 atom stereocenters. The lowest BCUT2D eigenvalue weighted by atomic mass is 10.1. The maximum Gasteiger partial charge on any atom is 0.293 e. The zero-order valence-electron chi connectivity index (χ0n) is 14.1. The predicted molar refractivity (Wildman–Crippen MR) is 95.3 cm³/mol. The van der Waals surface area contributed by atoms with Gasteiger partial charge in [-0.2, -0.15) is 0 Å². The number of nitrogens with one attached hydrogen (secondary N) is 2. The highest BCUT2D eigenvalue weighted by molar-refractivity contribution is 5.95. The molecule has 0 bridgehead atoms. The molecule has 0 unspecified atom stereocenters. The minimum absolute atomic E-state index is 0.0962. The van der Waals surface area contributed by atoms with Gasteiger partial charge in [0.25, 0.3) is 11.6 Å². The Bertz CT molecular complexity index is 818. The van der Waals surface area contributed by atoms with E-state index in [1.165, 1.54) is 37.1 Å². The highest BCUT2D eigenvalue weighted by atomic mass is 16.6. The van der Waals surface area contributed by atoms with E-state index >= 15 is 0 Å². The van der Waals surface area contributed by atoms with Gasteiger partial charge in [0.05, 0.1) is 4.92 Å². The van der Waals surface area contributed by atoms with E-state index < -0.39 is 10.8 Å². The van der Waals surface area contributed by atoms with E-state index in [1.54, 1.807) is 31.3 Å². The molecule has 2 amide bonds. The molecule has 0 aliphatic carbocycles. The average Bonchev–Trinajstić information content (AvgIpc) is 2.61. The van der Waals surface area contributed by atoms with Crippen molar-refractivity contribution in [3.63, 3.8) is 0 Å². The van der Waals surface area contributed by atoms with Crippen LogP contribution >= 0.6 is 0 Å². The number of anilines is 3. The number of rotatable bonds is 5. The maximum atomic E-state index is 11.6. The van der Waals surface area contributed by atoms with Gasteiger partial charge in [0, 0.05) is 44.0 Å². The number of benzene rings is 2. The molecular weight excluding hydrogens is 324 g/mol.